The second-order valence-electron chi connectivity index (χ2n) is 5.66. The molecule has 1 aliphatic heterocycles. The number of benzene rings is 1. The Morgan fingerprint density at radius 3 is 2.71 bits per heavy atom. The number of nitrogens with two attached hydrogens (primary N) is 1. The molecule has 0 fully saturated rings. The average molecular weight is 342 g/mol. The van der Waals surface area contributed by atoms with Gasteiger partial charge in [-0.3, -0.25) is 14.8 Å². The molecule has 0 radical (unpaired) electrons. The number of carbonyl (C=O) groups excluding carboxylic acids is 1. The molecule has 1 amide bonds. The van der Waals surface area contributed by atoms with E-state index in [1.807, 2.05) is 0 Å². The van der Waals surface area contributed by atoms with Crippen LogP contribution in [0.4, 0.5) is 17.6 Å². The van der Waals surface area contributed by atoms with Crippen molar-refractivity contribution in [2.45, 2.75) is 32.2 Å². The molecule has 24 heavy (non-hydrogen) atoms. The Kier molecular flexibility index (Phi) is 3.83. The van der Waals surface area contributed by atoms with Crippen LogP contribution < -0.4 is 11.1 Å². The minimum atomic E-state index is -4.43. The second kappa shape index (κ2) is 5.59. The molecule has 1 aliphatic rings. The molecule has 128 valence electrons. The van der Waals surface area contributed by atoms with Gasteiger partial charge in [0.05, 0.1) is 17.8 Å². The molecule has 3 N–H and O–H groups in total. The first-order chi connectivity index (χ1) is 11.2. The Labute approximate surface area is 134 Å². The third kappa shape index (κ3) is 2.75. The van der Waals surface area contributed by atoms with Gasteiger partial charge in [0.25, 0.3) is 5.91 Å². The predicted octanol–water partition coefficient (Wildman–Crippen LogP) is 2.13. The Morgan fingerprint density at radius 1 is 1.42 bits per heavy atom. The lowest BCUT2D eigenvalue weighted by Gasteiger charge is -2.27. The summed E-state index contributed by atoms with van der Waals surface area (Å²) < 4.78 is 53.2. The molecule has 2 aromatic rings. The van der Waals surface area contributed by atoms with Gasteiger partial charge in [-0.2, -0.15) is 18.3 Å². The van der Waals surface area contributed by atoms with Crippen LogP contribution in [0.25, 0.3) is 11.3 Å². The van der Waals surface area contributed by atoms with Crippen molar-refractivity contribution in [2.24, 2.45) is 5.73 Å². The summed E-state index contributed by atoms with van der Waals surface area (Å²) in [6.07, 6.45) is -4.43. The van der Waals surface area contributed by atoms with Crippen molar-refractivity contribution in [3.8, 4) is 11.3 Å². The molecule has 1 aromatic carbocycles. The van der Waals surface area contributed by atoms with Crippen molar-refractivity contribution in [2.75, 3.05) is 0 Å². The first-order valence-electron chi connectivity index (χ1n) is 7.14. The van der Waals surface area contributed by atoms with E-state index in [1.165, 1.54) is 18.2 Å². The van der Waals surface area contributed by atoms with Crippen LogP contribution in [0.2, 0.25) is 0 Å². The number of nitrogens with zero attached hydrogens (tertiary/aromatic N) is 2. The molecule has 1 unspecified atom stereocenters. The topological polar surface area (TPSA) is 72.9 Å². The lowest BCUT2D eigenvalue weighted by molar-refractivity contribution is -0.162. The number of rotatable bonds is 2. The fourth-order valence-electron chi connectivity index (χ4n) is 2.76. The van der Waals surface area contributed by atoms with Crippen molar-refractivity contribution in [1.82, 2.24) is 15.1 Å². The number of halogens is 4. The van der Waals surface area contributed by atoms with Gasteiger partial charge in [-0.1, -0.05) is 0 Å². The number of nitrogens with one attached hydrogen (secondary N) is 1. The molecule has 3 rings (SSSR count). The summed E-state index contributed by atoms with van der Waals surface area (Å²) in [5.41, 5.74) is 6.65. The third-order valence-electron chi connectivity index (χ3n) is 4.00. The Hall–Kier alpha value is -2.42. The second-order valence-corrected chi connectivity index (χ2v) is 5.66. The summed E-state index contributed by atoms with van der Waals surface area (Å²) in [4.78, 5) is 11.8. The van der Waals surface area contributed by atoms with Gasteiger partial charge in [0.15, 0.2) is 0 Å². The third-order valence-corrected chi connectivity index (χ3v) is 4.00. The van der Waals surface area contributed by atoms with Crippen LogP contribution >= 0.6 is 0 Å². The lowest BCUT2D eigenvalue weighted by Crippen LogP contribution is -2.49. The van der Waals surface area contributed by atoms with Crippen LogP contribution in [0, 0.1) is 12.7 Å². The van der Waals surface area contributed by atoms with Crippen molar-refractivity contribution in [1.29, 1.82) is 0 Å². The molecule has 0 saturated heterocycles. The van der Waals surface area contributed by atoms with Crippen LogP contribution in [-0.2, 0) is 13.1 Å². The summed E-state index contributed by atoms with van der Waals surface area (Å²) in [5, 5.41) is 6.47. The van der Waals surface area contributed by atoms with E-state index in [0.29, 0.717) is 16.8 Å². The largest absolute Gasteiger partial charge is 0.405 e. The zero-order valence-corrected chi connectivity index (χ0v) is 12.6. The molecule has 0 saturated carbocycles. The summed E-state index contributed by atoms with van der Waals surface area (Å²) in [5.74, 6) is -1.22. The minimum Gasteiger partial charge on any atom is -0.365 e. The van der Waals surface area contributed by atoms with E-state index in [0.717, 1.165) is 4.68 Å². The van der Waals surface area contributed by atoms with E-state index in [1.54, 1.807) is 6.92 Å². The number of fused-ring (bicyclic) bond motifs is 1. The van der Waals surface area contributed by atoms with Gasteiger partial charge in [-0.15, -0.1) is 0 Å². The minimum absolute atomic E-state index is 0.0501. The van der Waals surface area contributed by atoms with E-state index >= 15 is 0 Å². The first-order valence-corrected chi connectivity index (χ1v) is 7.14. The molecule has 0 aliphatic carbocycles. The summed E-state index contributed by atoms with van der Waals surface area (Å²) in [6, 6.07) is 2.35. The van der Waals surface area contributed by atoms with Crippen LogP contribution in [0.15, 0.2) is 18.2 Å². The highest BCUT2D eigenvalue weighted by Crippen LogP contribution is 2.31. The van der Waals surface area contributed by atoms with Crippen molar-refractivity contribution >= 4 is 5.91 Å². The smallest absolute Gasteiger partial charge is 0.365 e. The van der Waals surface area contributed by atoms with Gasteiger partial charge < -0.3 is 5.73 Å². The molecule has 0 bridgehead atoms. The number of aromatic nitrogens is 2. The molecule has 9 heteroatoms. The number of primary amides is 1. The number of hydrogen-bond acceptors (Lipinski definition) is 3. The maximum Gasteiger partial charge on any atom is 0.405 e. The highest BCUT2D eigenvalue weighted by atomic mass is 19.4. The molecule has 0 spiro atoms. The molecule has 1 aromatic heterocycles. The first kappa shape index (κ1) is 16.4. The number of alkyl halides is 3. The maximum atomic E-state index is 13.4. The predicted molar refractivity (Wildman–Crippen MR) is 77.6 cm³/mol. The number of aryl methyl sites for hydroxylation is 1. The van der Waals surface area contributed by atoms with Gasteiger partial charge >= 0.3 is 6.18 Å². The summed E-state index contributed by atoms with van der Waals surface area (Å²) >= 11 is 0. The van der Waals surface area contributed by atoms with Gasteiger partial charge in [-0.25, -0.2) is 4.39 Å². The maximum absolute atomic E-state index is 13.4. The highest BCUT2D eigenvalue weighted by molar-refractivity contribution is 6.00. The molecular weight excluding hydrogens is 328 g/mol. The van der Waals surface area contributed by atoms with Crippen molar-refractivity contribution in [3.63, 3.8) is 0 Å². The zero-order chi connectivity index (χ0) is 17.6. The van der Waals surface area contributed by atoms with Crippen LogP contribution in [-0.4, -0.2) is 27.9 Å². The monoisotopic (exact) mass is 342 g/mol. The van der Waals surface area contributed by atoms with Crippen LogP contribution in [0.1, 0.15) is 21.6 Å². The normalized spacial score (nSPS) is 17.6. The molecular formula is C15H14F4N4O. The van der Waals surface area contributed by atoms with Gasteiger partial charge in [0.2, 0.25) is 0 Å². The number of hydrogen-bond donors (Lipinski definition) is 2. The average Bonchev–Trinajstić information content (AvgIpc) is 2.87. The summed E-state index contributed by atoms with van der Waals surface area (Å²) in [6.45, 7) is 0.898. The van der Waals surface area contributed by atoms with Gasteiger partial charge in [0.1, 0.15) is 17.6 Å². The molecule has 2 heterocycles. The molecule has 5 nitrogen and oxygen atoms in total. The standard InChI is InChI=1S/C15H14F4N4O/c1-7-4-8(2-3-9(7)16)13-12(14(20)24)10-5-21-11(15(17,18)19)6-23(10)22-13/h2-4,11,21H,5-6H2,1H3,(H2,20,24). The van der Waals surface area contributed by atoms with E-state index in [4.69, 9.17) is 5.73 Å². The van der Waals surface area contributed by atoms with Crippen LogP contribution in [0.3, 0.4) is 0 Å². The Balaban J connectivity index is 2.10. The SMILES string of the molecule is Cc1cc(-c2nn3c(c2C(N)=O)CNC(C(F)(F)F)C3)ccc1F. The number of amides is 1. The van der Waals surface area contributed by atoms with Crippen molar-refractivity contribution in [3.05, 3.63) is 40.8 Å². The number of carbonyl (C=O) groups is 1. The Bertz CT molecular complexity index is 813. The van der Waals surface area contributed by atoms with Crippen molar-refractivity contribution < 1.29 is 22.4 Å². The summed E-state index contributed by atoms with van der Waals surface area (Å²) in [7, 11) is 0. The van der Waals surface area contributed by atoms with Crippen LogP contribution in [0.5, 0.6) is 0 Å². The Morgan fingerprint density at radius 2 is 2.12 bits per heavy atom. The fraction of sp³-hybridized carbons (Fsp3) is 0.333. The quantitative estimate of drug-likeness (QED) is 0.821. The van der Waals surface area contributed by atoms with E-state index < -0.39 is 30.5 Å². The van der Waals surface area contributed by atoms with Gasteiger partial charge in [-0.05, 0) is 30.7 Å². The van der Waals surface area contributed by atoms with E-state index in [2.05, 4.69) is 10.4 Å². The van der Waals surface area contributed by atoms with Gasteiger partial charge in [0, 0.05) is 12.1 Å². The lowest BCUT2D eigenvalue weighted by atomic mass is 10.0. The van der Waals surface area contributed by atoms with E-state index in [-0.39, 0.29) is 17.8 Å². The fourth-order valence-corrected chi connectivity index (χ4v) is 2.76. The highest BCUT2D eigenvalue weighted by Gasteiger charge is 2.43. The zero-order valence-electron chi connectivity index (χ0n) is 12.6. The van der Waals surface area contributed by atoms with E-state index in [9.17, 15) is 22.4 Å². The molecule has 1 atom stereocenters.